The van der Waals surface area contributed by atoms with Crippen LogP contribution in [0.1, 0.15) is 42.6 Å². The van der Waals surface area contributed by atoms with Crippen LogP contribution in [-0.4, -0.2) is 19.0 Å². The summed E-state index contributed by atoms with van der Waals surface area (Å²) in [4.78, 5) is 11.4. The molecular formula is C15H20O3. The predicted molar refractivity (Wildman–Crippen MR) is 70.0 cm³/mol. The lowest BCUT2D eigenvalue weighted by molar-refractivity contribution is 0.101. The number of carbonyl (C=O) groups is 1. The average molecular weight is 248 g/mol. The van der Waals surface area contributed by atoms with E-state index in [2.05, 4.69) is 0 Å². The van der Waals surface area contributed by atoms with Gasteiger partial charge < -0.3 is 9.47 Å². The van der Waals surface area contributed by atoms with Crippen LogP contribution >= 0.6 is 0 Å². The van der Waals surface area contributed by atoms with Crippen LogP contribution in [0.25, 0.3) is 0 Å². The molecule has 3 nitrogen and oxygen atoms in total. The molecule has 0 aliphatic heterocycles. The first kappa shape index (κ1) is 13.1. The maximum atomic E-state index is 11.4. The first-order valence-corrected chi connectivity index (χ1v) is 6.55. The summed E-state index contributed by atoms with van der Waals surface area (Å²) in [7, 11) is 0. The number of ether oxygens (including phenoxy) is 2. The molecule has 2 rings (SSSR count). The molecule has 0 saturated heterocycles. The van der Waals surface area contributed by atoms with Gasteiger partial charge in [0.1, 0.15) is 5.75 Å². The van der Waals surface area contributed by atoms with Crippen molar-refractivity contribution in [2.45, 2.75) is 33.3 Å². The van der Waals surface area contributed by atoms with Gasteiger partial charge in [0.05, 0.1) is 13.2 Å². The van der Waals surface area contributed by atoms with Crippen molar-refractivity contribution in [2.75, 3.05) is 13.2 Å². The van der Waals surface area contributed by atoms with Crippen molar-refractivity contribution in [2.24, 2.45) is 5.92 Å². The highest BCUT2D eigenvalue weighted by molar-refractivity contribution is 5.94. The van der Waals surface area contributed by atoms with E-state index in [-0.39, 0.29) is 5.78 Å². The molecule has 1 fully saturated rings. The largest absolute Gasteiger partial charge is 0.494 e. The van der Waals surface area contributed by atoms with Gasteiger partial charge in [-0.2, -0.15) is 0 Å². The minimum atomic E-state index is 0.0708. The van der Waals surface area contributed by atoms with Gasteiger partial charge in [0, 0.05) is 17.7 Å². The van der Waals surface area contributed by atoms with E-state index < -0.39 is 0 Å². The number of Topliss-reactive ketones (excluding diaryl/α,β-unsaturated/α-hetero) is 1. The molecule has 0 unspecified atom stereocenters. The van der Waals surface area contributed by atoms with Crippen molar-refractivity contribution in [1.29, 1.82) is 0 Å². The first-order valence-electron chi connectivity index (χ1n) is 6.55. The van der Waals surface area contributed by atoms with Gasteiger partial charge in [0.25, 0.3) is 0 Å². The quantitative estimate of drug-likeness (QED) is 0.695. The molecule has 1 aromatic rings. The number of benzene rings is 1. The van der Waals surface area contributed by atoms with Crippen LogP contribution in [0.5, 0.6) is 5.75 Å². The lowest BCUT2D eigenvalue weighted by Crippen LogP contribution is -2.03. The molecule has 1 aliphatic rings. The van der Waals surface area contributed by atoms with E-state index in [0.717, 1.165) is 23.8 Å². The fraction of sp³-hybridized carbons (Fsp3) is 0.533. The second kappa shape index (κ2) is 6.01. The maximum absolute atomic E-state index is 11.4. The topological polar surface area (TPSA) is 35.5 Å². The number of ketones is 1. The average Bonchev–Trinajstić information content (AvgIpc) is 3.15. The Morgan fingerprint density at radius 2 is 2.17 bits per heavy atom. The van der Waals surface area contributed by atoms with Gasteiger partial charge in [0.2, 0.25) is 0 Å². The fourth-order valence-corrected chi connectivity index (χ4v) is 1.83. The molecule has 0 N–H and O–H groups in total. The highest BCUT2D eigenvalue weighted by Gasteiger charge is 2.21. The normalized spacial score (nSPS) is 14.6. The molecule has 0 heterocycles. The Bertz CT molecular complexity index is 422. The minimum absolute atomic E-state index is 0.0708. The minimum Gasteiger partial charge on any atom is -0.494 e. The Balaban J connectivity index is 2.05. The molecule has 0 spiro atoms. The van der Waals surface area contributed by atoms with E-state index >= 15 is 0 Å². The summed E-state index contributed by atoms with van der Waals surface area (Å²) >= 11 is 0. The van der Waals surface area contributed by atoms with E-state index in [0.29, 0.717) is 18.8 Å². The Hall–Kier alpha value is -1.35. The summed E-state index contributed by atoms with van der Waals surface area (Å²) in [6, 6.07) is 5.54. The molecule has 0 radical (unpaired) electrons. The SMILES string of the molecule is CCOc1ccc(C(C)=O)cc1COCC1CC1. The standard InChI is InChI=1S/C15H20O3/c1-3-18-15-7-6-13(11(2)16)8-14(15)10-17-9-12-4-5-12/h6-8,12H,3-5,9-10H2,1-2H3. The predicted octanol–water partition coefficient (Wildman–Crippen LogP) is 3.21. The van der Waals surface area contributed by atoms with Gasteiger partial charge in [0.15, 0.2) is 5.78 Å². The number of rotatable bonds is 7. The molecular weight excluding hydrogens is 228 g/mol. The van der Waals surface area contributed by atoms with Crippen molar-refractivity contribution in [3.63, 3.8) is 0 Å². The van der Waals surface area contributed by atoms with Crippen molar-refractivity contribution < 1.29 is 14.3 Å². The Morgan fingerprint density at radius 1 is 1.39 bits per heavy atom. The molecule has 18 heavy (non-hydrogen) atoms. The zero-order chi connectivity index (χ0) is 13.0. The van der Waals surface area contributed by atoms with Crippen LogP contribution in [0.4, 0.5) is 0 Å². The molecule has 0 atom stereocenters. The van der Waals surface area contributed by atoms with Gasteiger partial charge in [-0.05, 0) is 50.8 Å². The van der Waals surface area contributed by atoms with Crippen LogP contribution in [0.3, 0.4) is 0 Å². The maximum Gasteiger partial charge on any atom is 0.159 e. The van der Waals surface area contributed by atoms with Crippen LogP contribution < -0.4 is 4.74 Å². The number of hydrogen-bond acceptors (Lipinski definition) is 3. The lowest BCUT2D eigenvalue weighted by atomic mass is 10.1. The summed E-state index contributed by atoms with van der Waals surface area (Å²) in [6.45, 7) is 5.48. The fourth-order valence-electron chi connectivity index (χ4n) is 1.83. The van der Waals surface area contributed by atoms with Crippen LogP contribution in [0, 0.1) is 5.92 Å². The monoisotopic (exact) mass is 248 g/mol. The Morgan fingerprint density at radius 3 is 2.78 bits per heavy atom. The van der Waals surface area contributed by atoms with Gasteiger partial charge in [-0.25, -0.2) is 0 Å². The second-order valence-electron chi connectivity index (χ2n) is 4.77. The molecule has 1 saturated carbocycles. The summed E-state index contributed by atoms with van der Waals surface area (Å²) in [6.07, 6.45) is 2.57. The molecule has 0 aromatic heterocycles. The zero-order valence-corrected chi connectivity index (χ0v) is 11.1. The van der Waals surface area contributed by atoms with Crippen LogP contribution in [-0.2, 0) is 11.3 Å². The third-order valence-corrected chi connectivity index (χ3v) is 3.07. The molecule has 0 amide bonds. The summed E-state index contributed by atoms with van der Waals surface area (Å²) < 4.78 is 11.2. The number of carbonyl (C=O) groups excluding carboxylic acids is 1. The Labute approximate surface area is 108 Å². The zero-order valence-electron chi connectivity index (χ0n) is 11.1. The Kier molecular flexibility index (Phi) is 4.37. The molecule has 1 aliphatic carbocycles. The third kappa shape index (κ3) is 3.57. The van der Waals surface area contributed by atoms with E-state index in [4.69, 9.17) is 9.47 Å². The number of hydrogen-bond donors (Lipinski definition) is 0. The van der Waals surface area contributed by atoms with Crippen molar-refractivity contribution >= 4 is 5.78 Å². The van der Waals surface area contributed by atoms with E-state index in [1.165, 1.54) is 12.8 Å². The van der Waals surface area contributed by atoms with Gasteiger partial charge in [-0.1, -0.05) is 0 Å². The van der Waals surface area contributed by atoms with E-state index in [1.54, 1.807) is 13.0 Å². The third-order valence-electron chi connectivity index (χ3n) is 3.07. The highest BCUT2D eigenvalue weighted by atomic mass is 16.5. The van der Waals surface area contributed by atoms with Crippen LogP contribution in [0.15, 0.2) is 18.2 Å². The molecule has 0 bridgehead atoms. The first-order chi connectivity index (χ1) is 8.70. The lowest BCUT2D eigenvalue weighted by Gasteiger charge is -2.11. The van der Waals surface area contributed by atoms with Gasteiger partial charge in [-0.15, -0.1) is 0 Å². The van der Waals surface area contributed by atoms with E-state index in [1.807, 2.05) is 19.1 Å². The van der Waals surface area contributed by atoms with Crippen molar-refractivity contribution in [3.8, 4) is 5.75 Å². The van der Waals surface area contributed by atoms with Crippen molar-refractivity contribution in [3.05, 3.63) is 29.3 Å². The summed E-state index contributed by atoms with van der Waals surface area (Å²) in [5.74, 6) is 1.64. The van der Waals surface area contributed by atoms with Gasteiger partial charge >= 0.3 is 0 Å². The second-order valence-corrected chi connectivity index (χ2v) is 4.77. The molecule has 3 heteroatoms. The molecule has 98 valence electrons. The summed E-state index contributed by atoms with van der Waals surface area (Å²) in [5, 5.41) is 0. The van der Waals surface area contributed by atoms with E-state index in [9.17, 15) is 4.79 Å². The van der Waals surface area contributed by atoms with Crippen LogP contribution in [0.2, 0.25) is 0 Å². The summed E-state index contributed by atoms with van der Waals surface area (Å²) in [5.41, 5.74) is 1.67. The van der Waals surface area contributed by atoms with Gasteiger partial charge in [-0.3, -0.25) is 4.79 Å². The molecule has 1 aromatic carbocycles. The highest BCUT2D eigenvalue weighted by Crippen LogP contribution is 2.29. The smallest absolute Gasteiger partial charge is 0.159 e. The van der Waals surface area contributed by atoms with Crippen molar-refractivity contribution in [1.82, 2.24) is 0 Å².